The normalized spacial score (nSPS) is 14.7. The highest BCUT2D eigenvalue weighted by Crippen LogP contribution is 2.58. The molecule has 0 spiro atoms. The largest absolute Gasteiger partial charge is 0.422 e. The van der Waals surface area contributed by atoms with Gasteiger partial charge in [0.2, 0.25) is 0 Å². The van der Waals surface area contributed by atoms with Crippen LogP contribution in [0, 0.1) is 115 Å². The molecule has 52 heavy (non-hydrogen) atoms. The summed E-state index contributed by atoms with van der Waals surface area (Å²) < 4.78 is 256. The SMILES string of the molecule is N#CC(=C1C(=C(/C#N)c2c(F)c(F)c(C(F)(F)F)c(F)c2F)/C1=C(\C#N)c1c(F)c(F)c(C(F)(F)F)c(F)c1F)c1c(F)c(F)c(C#N)c(F)c1F. The third kappa shape index (κ3) is 5.53. The van der Waals surface area contributed by atoms with E-state index in [-0.39, 0.29) is 0 Å². The van der Waals surface area contributed by atoms with Gasteiger partial charge in [0.05, 0.1) is 33.4 Å². The summed E-state index contributed by atoms with van der Waals surface area (Å²) in [5.74, 6) is -36.4. The highest BCUT2D eigenvalue weighted by molar-refractivity contribution is 6.12. The first-order valence-electron chi connectivity index (χ1n) is 12.5. The molecule has 0 radical (unpaired) electrons. The van der Waals surface area contributed by atoms with Crippen molar-refractivity contribution < 1.29 is 79.0 Å². The first-order valence-corrected chi connectivity index (χ1v) is 12.5. The van der Waals surface area contributed by atoms with Crippen LogP contribution in [0.15, 0.2) is 16.7 Å². The lowest BCUT2D eigenvalue weighted by molar-refractivity contribution is -0.144. The number of nitriles is 4. The molecular weight excluding hydrogens is 758 g/mol. The molecule has 0 atom stereocenters. The van der Waals surface area contributed by atoms with E-state index in [2.05, 4.69) is 0 Å². The Labute approximate surface area is 273 Å². The van der Waals surface area contributed by atoms with E-state index in [1.807, 2.05) is 0 Å². The second kappa shape index (κ2) is 12.7. The zero-order valence-electron chi connectivity index (χ0n) is 23.6. The van der Waals surface area contributed by atoms with Crippen molar-refractivity contribution in [3.05, 3.63) is 120 Å². The molecule has 4 rings (SSSR count). The van der Waals surface area contributed by atoms with Gasteiger partial charge in [-0.25, -0.2) is 52.7 Å². The smallest absolute Gasteiger partial charge is 0.203 e. The predicted octanol–water partition coefficient (Wildman–Crippen LogP) is 9.51. The highest BCUT2D eigenvalue weighted by Gasteiger charge is 2.49. The van der Waals surface area contributed by atoms with Crippen LogP contribution in [0.3, 0.4) is 0 Å². The predicted molar refractivity (Wildman–Crippen MR) is 131 cm³/mol. The molecule has 1 aliphatic rings. The van der Waals surface area contributed by atoms with Crippen molar-refractivity contribution in [2.24, 2.45) is 0 Å². The number of allylic oxidation sites excluding steroid dienone is 6. The van der Waals surface area contributed by atoms with Crippen molar-refractivity contribution in [1.82, 2.24) is 0 Å². The number of alkyl halides is 6. The summed E-state index contributed by atoms with van der Waals surface area (Å²) in [4.78, 5) is 0. The highest BCUT2D eigenvalue weighted by atomic mass is 19.4. The van der Waals surface area contributed by atoms with E-state index in [4.69, 9.17) is 5.26 Å². The van der Waals surface area contributed by atoms with Gasteiger partial charge in [-0.05, 0) is 0 Å². The Bertz CT molecular complexity index is 2230. The molecule has 22 heteroatoms. The molecule has 1 fully saturated rings. The van der Waals surface area contributed by atoms with E-state index in [1.165, 1.54) is 0 Å². The third-order valence-corrected chi connectivity index (χ3v) is 6.99. The maximum absolute atomic E-state index is 15.0. The topological polar surface area (TPSA) is 95.2 Å². The molecule has 3 aromatic rings. The molecule has 3 aromatic carbocycles. The van der Waals surface area contributed by atoms with Gasteiger partial charge in [0.25, 0.3) is 0 Å². The van der Waals surface area contributed by atoms with Crippen LogP contribution in [0.4, 0.5) is 79.0 Å². The summed E-state index contributed by atoms with van der Waals surface area (Å²) in [5.41, 5.74) is -27.6. The van der Waals surface area contributed by atoms with Crippen LogP contribution in [0.5, 0.6) is 0 Å². The monoisotopic (exact) mass is 758 g/mol. The minimum Gasteiger partial charge on any atom is -0.203 e. The van der Waals surface area contributed by atoms with Crippen molar-refractivity contribution in [3.8, 4) is 24.3 Å². The molecule has 0 saturated heterocycles. The lowest BCUT2D eigenvalue weighted by Gasteiger charge is -2.14. The van der Waals surface area contributed by atoms with E-state index in [0.29, 0.717) is 18.2 Å². The number of hydrogen-bond acceptors (Lipinski definition) is 4. The Hall–Kier alpha value is -6.42. The van der Waals surface area contributed by atoms with E-state index in [1.54, 1.807) is 0 Å². The third-order valence-electron chi connectivity index (χ3n) is 6.99. The van der Waals surface area contributed by atoms with Crippen LogP contribution < -0.4 is 0 Å². The van der Waals surface area contributed by atoms with Crippen molar-refractivity contribution in [2.75, 3.05) is 0 Å². The fourth-order valence-electron chi connectivity index (χ4n) is 4.80. The summed E-state index contributed by atoms with van der Waals surface area (Å²) in [7, 11) is 0. The lowest BCUT2D eigenvalue weighted by Crippen LogP contribution is -2.17. The first-order chi connectivity index (χ1) is 24.0. The quantitative estimate of drug-likeness (QED) is 0.151. The lowest BCUT2D eigenvalue weighted by atomic mass is 9.98. The van der Waals surface area contributed by atoms with E-state index in [0.717, 1.165) is 6.07 Å². The van der Waals surface area contributed by atoms with Gasteiger partial charge < -0.3 is 0 Å². The number of nitrogens with zero attached hydrogens (tertiary/aromatic N) is 4. The fourth-order valence-corrected chi connectivity index (χ4v) is 4.80. The van der Waals surface area contributed by atoms with Crippen LogP contribution in [0.2, 0.25) is 0 Å². The molecule has 0 N–H and O–H groups in total. The molecule has 0 amide bonds. The zero-order valence-corrected chi connectivity index (χ0v) is 23.6. The van der Waals surface area contributed by atoms with Crippen LogP contribution in [0.25, 0.3) is 16.7 Å². The summed E-state index contributed by atoms with van der Waals surface area (Å²) in [6.45, 7) is 0. The average molecular weight is 758 g/mol. The van der Waals surface area contributed by atoms with Gasteiger partial charge in [-0.1, -0.05) is 0 Å². The Morgan fingerprint density at radius 2 is 0.558 bits per heavy atom. The van der Waals surface area contributed by atoms with Crippen molar-refractivity contribution in [1.29, 1.82) is 21.0 Å². The maximum Gasteiger partial charge on any atom is 0.422 e. The molecule has 4 nitrogen and oxygen atoms in total. The molecule has 1 aliphatic carbocycles. The van der Waals surface area contributed by atoms with Gasteiger partial charge in [-0.2, -0.15) is 47.4 Å². The van der Waals surface area contributed by atoms with Gasteiger partial charge in [-0.15, -0.1) is 0 Å². The van der Waals surface area contributed by atoms with Crippen molar-refractivity contribution in [3.63, 3.8) is 0 Å². The summed E-state index contributed by atoms with van der Waals surface area (Å²) in [5, 5.41) is 37.9. The number of halogens is 18. The van der Waals surface area contributed by atoms with Gasteiger partial charge >= 0.3 is 12.4 Å². The molecule has 0 unspecified atom stereocenters. The Kier molecular flexibility index (Phi) is 9.39. The van der Waals surface area contributed by atoms with Crippen LogP contribution in [-0.2, 0) is 12.4 Å². The van der Waals surface area contributed by atoms with E-state index in [9.17, 15) is 68.5 Å². The van der Waals surface area contributed by atoms with Gasteiger partial charge in [0, 0.05) is 16.7 Å². The van der Waals surface area contributed by atoms with E-state index < -0.39 is 149 Å². The first kappa shape index (κ1) is 38.4. The minimum absolute atomic E-state index is 0.663. The van der Waals surface area contributed by atoms with Gasteiger partial charge in [0.15, 0.2) is 69.8 Å². The van der Waals surface area contributed by atoms with E-state index >= 15 is 26.3 Å². The number of benzene rings is 3. The summed E-state index contributed by atoms with van der Waals surface area (Å²) in [6.07, 6.45) is -12.4. The molecule has 0 aromatic heterocycles. The standard InChI is InChI=1S/C30F18N4/c31-17-8(4-52)18(32)20(34)12(19(17)33)5(1-49)9-10(6(2-50)13-21(35)25(39)15(29(43,44)45)26(40)22(13)36)11(9)7(3-51)14-23(37)27(41)16(30(46,47)48)28(42)24(14)38/b10-6+,11-7+. The van der Waals surface area contributed by atoms with Gasteiger partial charge in [0.1, 0.15) is 41.0 Å². The second-order valence-electron chi connectivity index (χ2n) is 9.71. The fraction of sp³-hybridized carbons (Fsp3) is 0.0667. The average Bonchev–Trinajstić information content (AvgIpc) is 3.77. The van der Waals surface area contributed by atoms with Crippen LogP contribution in [0.1, 0.15) is 33.4 Å². The Morgan fingerprint density at radius 3 is 0.731 bits per heavy atom. The molecule has 0 bridgehead atoms. The Morgan fingerprint density at radius 1 is 0.346 bits per heavy atom. The maximum atomic E-state index is 15.0. The summed E-state index contributed by atoms with van der Waals surface area (Å²) >= 11 is 0. The van der Waals surface area contributed by atoms with Crippen molar-refractivity contribution in [2.45, 2.75) is 12.4 Å². The second-order valence-corrected chi connectivity index (χ2v) is 9.71. The molecule has 266 valence electrons. The zero-order chi connectivity index (χ0) is 39.7. The Balaban J connectivity index is 2.38. The van der Waals surface area contributed by atoms with Gasteiger partial charge in [-0.3, -0.25) is 0 Å². The minimum atomic E-state index is -6.21. The summed E-state index contributed by atoms with van der Waals surface area (Å²) in [6, 6.07) is 2.79. The molecular formula is C30F18N4. The van der Waals surface area contributed by atoms with Crippen molar-refractivity contribution >= 4 is 16.7 Å². The van der Waals surface area contributed by atoms with Crippen LogP contribution >= 0.6 is 0 Å². The molecule has 1 saturated carbocycles. The number of rotatable bonds is 3. The number of hydrogen-bond donors (Lipinski definition) is 0. The van der Waals surface area contributed by atoms with Crippen LogP contribution in [-0.4, -0.2) is 0 Å². The molecule has 0 heterocycles. The molecule has 0 aliphatic heterocycles.